The molecule has 1 N–H and O–H groups in total. The van der Waals surface area contributed by atoms with Gasteiger partial charge in [-0.05, 0) is 42.2 Å². The Morgan fingerprint density at radius 1 is 0.882 bits per heavy atom. The van der Waals surface area contributed by atoms with Crippen LogP contribution in [0.1, 0.15) is 67.8 Å². The number of H-pyrrole nitrogens is 1. The van der Waals surface area contributed by atoms with Gasteiger partial charge in [-0.25, -0.2) is 0 Å². The number of piperazine rings is 1. The molecule has 176 valence electrons. The molecule has 2 amide bonds. The molecule has 1 aliphatic carbocycles. The third-order valence-corrected chi connectivity index (χ3v) is 8.25. The lowest BCUT2D eigenvalue weighted by Gasteiger charge is -2.49. The van der Waals surface area contributed by atoms with Crippen LogP contribution in [0.4, 0.5) is 0 Å². The van der Waals surface area contributed by atoms with E-state index in [0.29, 0.717) is 11.4 Å². The van der Waals surface area contributed by atoms with Gasteiger partial charge in [0, 0.05) is 34.1 Å². The Bertz CT molecular complexity index is 1230. The van der Waals surface area contributed by atoms with Crippen LogP contribution in [0, 0.1) is 0 Å². The molecule has 6 heteroatoms. The molecule has 6 rings (SSSR count). The summed E-state index contributed by atoms with van der Waals surface area (Å²) in [4.78, 5) is 35.1. The van der Waals surface area contributed by atoms with Crippen molar-refractivity contribution in [3.05, 3.63) is 70.4 Å². The summed E-state index contributed by atoms with van der Waals surface area (Å²) >= 11 is 6.19. The number of nitrogens with zero attached hydrogens (tertiary/aromatic N) is 2. The van der Waals surface area contributed by atoms with Crippen molar-refractivity contribution in [2.45, 2.75) is 69.5 Å². The highest BCUT2D eigenvalue weighted by Gasteiger charge is 2.49. The largest absolute Gasteiger partial charge is 0.356 e. The number of nitrogens with one attached hydrogen (secondary N) is 1. The fourth-order valence-corrected chi connectivity index (χ4v) is 6.46. The van der Waals surface area contributed by atoms with Gasteiger partial charge < -0.3 is 14.8 Å². The highest BCUT2D eigenvalue weighted by atomic mass is 35.5. The maximum Gasteiger partial charge on any atom is 0.246 e. The zero-order valence-corrected chi connectivity index (χ0v) is 20.1. The number of rotatable bonds is 2. The first-order valence-electron chi connectivity index (χ1n) is 12.6. The number of hydrogen-bond acceptors (Lipinski definition) is 2. The number of benzene rings is 2. The van der Waals surface area contributed by atoms with Crippen LogP contribution in [-0.2, 0) is 16.0 Å². The molecule has 3 aliphatic rings. The van der Waals surface area contributed by atoms with Crippen molar-refractivity contribution in [3.8, 4) is 0 Å². The molecule has 0 radical (unpaired) electrons. The van der Waals surface area contributed by atoms with Gasteiger partial charge in [-0.2, -0.15) is 0 Å². The average Bonchev–Trinajstić information content (AvgIpc) is 3.19. The summed E-state index contributed by atoms with van der Waals surface area (Å²) in [6.45, 7) is 0.180. The van der Waals surface area contributed by atoms with Gasteiger partial charge in [-0.15, -0.1) is 0 Å². The van der Waals surface area contributed by atoms with Gasteiger partial charge in [-0.3, -0.25) is 9.59 Å². The van der Waals surface area contributed by atoms with Crippen molar-refractivity contribution >= 4 is 34.3 Å². The van der Waals surface area contributed by atoms with E-state index >= 15 is 0 Å². The molecule has 2 fully saturated rings. The van der Waals surface area contributed by atoms with E-state index in [1.807, 2.05) is 46.2 Å². The van der Waals surface area contributed by atoms with Gasteiger partial charge in [0.1, 0.15) is 12.6 Å². The smallest absolute Gasteiger partial charge is 0.246 e. The number of halogens is 1. The van der Waals surface area contributed by atoms with Crippen LogP contribution in [0.2, 0.25) is 5.02 Å². The van der Waals surface area contributed by atoms with Crippen molar-refractivity contribution in [1.82, 2.24) is 14.8 Å². The predicted octanol–water partition coefficient (Wildman–Crippen LogP) is 5.62. The highest BCUT2D eigenvalue weighted by molar-refractivity contribution is 6.30. The molecule has 1 saturated heterocycles. The van der Waals surface area contributed by atoms with E-state index in [1.54, 1.807) is 0 Å². The Morgan fingerprint density at radius 3 is 2.35 bits per heavy atom. The Hall–Kier alpha value is -2.79. The van der Waals surface area contributed by atoms with Crippen LogP contribution in [0.25, 0.3) is 10.9 Å². The molecule has 34 heavy (non-hydrogen) atoms. The van der Waals surface area contributed by atoms with E-state index in [1.165, 1.54) is 19.3 Å². The second-order valence-corrected chi connectivity index (χ2v) is 10.4. The molecular weight excluding hydrogens is 446 g/mol. The van der Waals surface area contributed by atoms with Crippen molar-refractivity contribution < 1.29 is 9.59 Å². The molecule has 2 atom stereocenters. The van der Waals surface area contributed by atoms with Crippen LogP contribution in [0.3, 0.4) is 0 Å². The molecule has 2 aromatic carbocycles. The zero-order valence-electron chi connectivity index (χ0n) is 19.3. The third kappa shape index (κ3) is 3.61. The van der Waals surface area contributed by atoms with E-state index < -0.39 is 6.04 Å². The van der Waals surface area contributed by atoms with E-state index in [2.05, 4.69) is 17.1 Å². The Morgan fingerprint density at radius 2 is 1.59 bits per heavy atom. The molecule has 0 unspecified atom stereocenters. The summed E-state index contributed by atoms with van der Waals surface area (Å²) in [7, 11) is 0. The number of hydrogen-bond donors (Lipinski definition) is 1. The standard InChI is InChI=1S/C28H30ClN3O2/c29-19-14-12-18(13-15-19)27-26-22(21-10-6-7-11-23(21)30-26)16-24-28(34)31(17-25(33)32(24)27)20-8-4-2-1-3-5-9-20/h6-7,10-15,20,24,27,30H,1-5,8-9,16-17H2/t24-,27+/m0/s1. The maximum atomic E-state index is 14.0. The van der Waals surface area contributed by atoms with Gasteiger partial charge in [0.15, 0.2) is 0 Å². The van der Waals surface area contributed by atoms with Crippen LogP contribution in [-0.4, -0.2) is 45.2 Å². The summed E-state index contributed by atoms with van der Waals surface area (Å²) < 4.78 is 0. The van der Waals surface area contributed by atoms with E-state index in [0.717, 1.165) is 53.4 Å². The quantitative estimate of drug-likeness (QED) is 0.523. The Balaban J connectivity index is 1.44. The molecule has 1 saturated carbocycles. The van der Waals surface area contributed by atoms with Gasteiger partial charge in [-0.1, -0.05) is 74.0 Å². The van der Waals surface area contributed by atoms with Gasteiger partial charge in [0.25, 0.3) is 0 Å². The average molecular weight is 476 g/mol. The monoisotopic (exact) mass is 475 g/mol. The van der Waals surface area contributed by atoms with Crippen LogP contribution < -0.4 is 0 Å². The summed E-state index contributed by atoms with van der Waals surface area (Å²) in [5.74, 6) is 0.149. The minimum atomic E-state index is -0.473. The lowest BCUT2D eigenvalue weighted by atomic mass is 9.85. The number of aromatic nitrogens is 1. The third-order valence-electron chi connectivity index (χ3n) is 7.99. The number of para-hydroxylation sites is 1. The van der Waals surface area contributed by atoms with Gasteiger partial charge in [0.05, 0.1) is 6.04 Å². The maximum absolute atomic E-state index is 14.0. The van der Waals surface area contributed by atoms with Crippen molar-refractivity contribution in [1.29, 1.82) is 0 Å². The Kier molecular flexibility index (Phi) is 5.60. The molecular formula is C28H30ClN3O2. The normalized spacial score (nSPS) is 24.0. The van der Waals surface area contributed by atoms with Crippen LogP contribution >= 0.6 is 11.6 Å². The van der Waals surface area contributed by atoms with E-state index in [4.69, 9.17) is 11.6 Å². The summed E-state index contributed by atoms with van der Waals surface area (Å²) in [5.41, 5.74) is 4.18. The predicted molar refractivity (Wildman–Crippen MR) is 134 cm³/mol. The number of aromatic amines is 1. The Labute approximate surface area is 205 Å². The van der Waals surface area contributed by atoms with Crippen LogP contribution in [0.15, 0.2) is 48.5 Å². The fourth-order valence-electron chi connectivity index (χ4n) is 6.33. The first-order valence-corrected chi connectivity index (χ1v) is 13.0. The highest BCUT2D eigenvalue weighted by Crippen LogP contribution is 2.43. The minimum absolute atomic E-state index is 0.0379. The van der Waals surface area contributed by atoms with E-state index in [9.17, 15) is 9.59 Å². The van der Waals surface area contributed by atoms with Crippen LogP contribution in [0.5, 0.6) is 0 Å². The molecule has 3 heterocycles. The second kappa shape index (κ2) is 8.77. The SMILES string of the molecule is O=C1[C@@H]2Cc3c([nH]c4ccccc34)[C@@H](c3ccc(Cl)cc3)N2C(=O)CN1C1CCCCCCC1. The molecule has 3 aromatic rings. The molecule has 0 spiro atoms. The van der Waals surface area contributed by atoms with Crippen molar-refractivity contribution in [2.24, 2.45) is 0 Å². The first-order chi connectivity index (χ1) is 16.6. The van der Waals surface area contributed by atoms with E-state index in [-0.39, 0.29) is 30.4 Å². The molecule has 0 bridgehead atoms. The number of fused-ring (bicyclic) bond motifs is 4. The van der Waals surface area contributed by atoms with Crippen molar-refractivity contribution in [3.63, 3.8) is 0 Å². The lowest BCUT2D eigenvalue weighted by molar-refractivity contribution is -0.161. The molecule has 1 aromatic heterocycles. The topological polar surface area (TPSA) is 56.4 Å². The number of amides is 2. The molecule has 5 nitrogen and oxygen atoms in total. The van der Waals surface area contributed by atoms with Crippen molar-refractivity contribution in [2.75, 3.05) is 6.54 Å². The summed E-state index contributed by atoms with van der Waals surface area (Å²) in [6, 6.07) is 15.3. The second-order valence-electron chi connectivity index (χ2n) is 10.0. The number of carbonyl (C=O) groups excluding carboxylic acids is 2. The summed E-state index contributed by atoms with van der Waals surface area (Å²) in [6.07, 6.45) is 8.56. The van der Waals surface area contributed by atoms with Gasteiger partial charge >= 0.3 is 0 Å². The molecule has 2 aliphatic heterocycles. The lowest BCUT2D eigenvalue weighted by Crippen LogP contribution is -2.64. The fraction of sp³-hybridized carbons (Fsp3) is 0.429. The minimum Gasteiger partial charge on any atom is -0.356 e. The zero-order chi connectivity index (χ0) is 23.2. The number of carbonyl (C=O) groups is 2. The van der Waals surface area contributed by atoms with Gasteiger partial charge in [0.2, 0.25) is 11.8 Å². The first kappa shape index (κ1) is 21.7. The summed E-state index contributed by atoms with van der Waals surface area (Å²) in [5, 5.41) is 1.80.